The van der Waals surface area contributed by atoms with Crippen molar-refractivity contribution in [3.05, 3.63) is 34.8 Å². The minimum absolute atomic E-state index is 0.139. The van der Waals surface area contributed by atoms with Crippen LogP contribution in [-0.2, 0) is 16.0 Å². The number of hydrogen-bond donors (Lipinski definition) is 2. The molecule has 0 aliphatic carbocycles. The van der Waals surface area contributed by atoms with Gasteiger partial charge in [0.1, 0.15) is 5.01 Å². The van der Waals surface area contributed by atoms with Crippen LogP contribution < -0.4 is 10.6 Å². The zero-order chi connectivity index (χ0) is 16.4. The van der Waals surface area contributed by atoms with E-state index in [9.17, 15) is 9.59 Å². The number of nitrogens with zero attached hydrogens (tertiary/aromatic N) is 2. The van der Waals surface area contributed by atoms with Crippen molar-refractivity contribution < 1.29 is 9.59 Å². The molecule has 23 heavy (non-hydrogen) atoms. The minimum atomic E-state index is -0.502. The predicted molar refractivity (Wildman–Crippen MR) is 89.5 cm³/mol. The van der Waals surface area contributed by atoms with E-state index in [-0.39, 0.29) is 18.2 Å². The van der Waals surface area contributed by atoms with Crippen molar-refractivity contribution >= 4 is 34.0 Å². The van der Waals surface area contributed by atoms with E-state index in [0.717, 1.165) is 17.0 Å². The van der Waals surface area contributed by atoms with Crippen LogP contribution in [0, 0.1) is 5.92 Å². The molecule has 0 saturated carbocycles. The van der Waals surface area contributed by atoms with E-state index in [2.05, 4.69) is 34.7 Å². The average molecular weight is 330 g/mol. The SMILES string of the molecule is CC(C)Cc1nnc(NC(=O)[C@H]2CC(=O)Nc3ccccc32)s1. The Morgan fingerprint density at radius 2 is 2.17 bits per heavy atom. The molecule has 0 saturated heterocycles. The number of anilines is 2. The highest BCUT2D eigenvalue weighted by molar-refractivity contribution is 7.15. The van der Waals surface area contributed by atoms with Gasteiger partial charge in [-0.15, -0.1) is 10.2 Å². The van der Waals surface area contributed by atoms with Crippen molar-refractivity contribution in [1.29, 1.82) is 0 Å². The van der Waals surface area contributed by atoms with Crippen LogP contribution in [0.3, 0.4) is 0 Å². The van der Waals surface area contributed by atoms with Gasteiger partial charge in [-0.2, -0.15) is 0 Å². The Hall–Kier alpha value is -2.28. The zero-order valence-electron chi connectivity index (χ0n) is 13.0. The van der Waals surface area contributed by atoms with E-state index in [1.807, 2.05) is 18.2 Å². The summed E-state index contributed by atoms with van der Waals surface area (Å²) in [4.78, 5) is 24.4. The molecule has 2 aromatic rings. The van der Waals surface area contributed by atoms with Crippen molar-refractivity contribution in [3.63, 3.8) is 0 Å². The van der Waals surface area contributed by atoms with Crippen molar-refractivity contribution in [1.82, 2.24) is 10.2 Å². The Morgan fingerprint density at radius 3 is 2.96 bits per heavy atom. The summed E-state index contributed by atoms with van der Waals surface area (Å²) < 4.78 is 0. The average Bonchev–Trinajstić information content (AvgIpc) is 2.92. The van der Waals surface area contributed by atoms with Gasteiger partial charge >= 0.3 is 0 Å². The van der Waals surface area contributed by atoms with Crippen LogP contribution in [0.4, 0.5) is 10.8 Å². The summed E-state index contributed by atoms with van der Waals surface area (Å²) in [6, 6.07) is 7.37. The number of rotatable bonds is 4. The lowest BCUT2D eigenvalue weighted by Crippen LogP contribution is -2.30. The maximum Gasteiger partial charge on any atom is 0.234 e. The van der Waals surface area contributed by atoms with Gasteiger partial charge in [0, 0.05) is 18.5 Å². The molecule has 3 rings (SSSR count). The largest absolute Gasteiger partial charge is 0.326 e. The predicted octanol–water partition coefficient (Wildman–Crippen LogP) is 2.80. The third-order valence-electron chi connectivity index (χ3n) is 3.60. The lowest BCUT2D eigenvalue weighted by molar-refractivity contribution is -0.123. The fourth-order valence-corrected chi connectivity index (χ4v) is 3.53. The molecule has 2 heterocycles. The molecule has 0 bridgehead atoms. The summed E-state index contributed by atoms with van der Waals surface area (Å²) in [6.07, 6.45) is 0.975. The van der Waals surface area contributed by atoms with Crippen LogP contribution >= 0.6 is 11.3 Å². The normalized spacial score (nSPS) is 16.8. The molecule has 2 N–H and O–H groups in total. The first-order chi connectivity index (χ1) is 11.0. The van der Waals surface area contributed by atoms with Gasteiger partial charge in [0.15, 0.2) is 0 Å². The van der Waals surface area contributed by atoms with E-state index in [4.69, 9.17) is 0 Å². The van der Waals surface area contributed by atoms with E-state index in [1.54, 1.807) is 6.07 Å². The van der Waals surface area contributed by atoms with Crippen LogP contribution in [0.15, 0.2) is 24.3 Å². The van der Waals surface area contributed by atoms with Crippen LogP contribution in [0.1, 0.15) is 36.8 Å². The van der Waals surface area contributed by atoms with Gasteiger partial charge in [-0.05, 0) is 17.5 Å². The van der Waals surface area contributed by atoms with Crippen LogP contribution in [0.2, 0.25) is 0 Å². The molecule has 1 aliphatic rings. The van der Waals surface area contributed by atoms with Crippen LogP contribution in [0.25, 0.3) is 0 Å². The second kappa shape index (κ2) is 6.45. The van der Waals surface area contributed by atoms with Gasteiger partial charge in [0.2, 0.25) is 16.9 Å². The smallest absolute Gasteiger partial charge is 0.234 e. The highest BCUT2D eigenvalue weighted by Crippen LogP contribution is 2.33. The Bertz CT molecular complexity index is 741. The molecule has 1 aliphatic heterocycles. The van der Waals surface area contributed by atoms with Gasteiger partial charge in [0.25, 0.3) is 0 Å². The third kappa shape index (κ3) is 3.56. The number of para-hydroxylation sites is 1. The minimum Gasteiger partial charge on any atom is -0.326 e. The standard InChI is InChI=1S/C16H18N4O2S/c1-9(2)7-14-19-20-16(23-14)18-15(22)11-8-13(21)17-12-6-4-3-5-10(11)12/h3-6,9,11H,7-8H2,1-2H3,(H,17,21)(H,18,20,22)/t11-/m0/s1. The number of carbonyl (C=O) groups excluding carboxylic acids is 2. The topological polar surface area (TPSA) is 84.0 Å². The van der Waals surface area contributed by atoms with E-state index < -0.39 is 5.92 Å². The summed E-state index contributed by atoms with van der Waals surface area (Å²) in [5, 5.41) is 15.1. The molecule has 0 fully saturated rings. The molecule has 1 atom stereocenters. The number of hydrogen-bond acceptors (Lipinski definition) is 5. The molecule has 1 aromatic heterocycles. The van der Waals surface area contributed by atoms with E-state index in [0.29, 0.717) is 16.7 Å². The second-order valence-electron chi connectivity index (χ2n) is 5.98. The molecule has 0 radical (unpaired) electrons. The molecule has 120 valence electrons. The fraction of sp³-hybridized carbons (Fsp3) is 0.375. The van der Waals surface area contributed by atoms with Crippen LogP contribution in [-0.4, -0.2) is 22.0 Å². The lowest BCUT2D eigenvalue weighted by atomic mass is 9.90. The Kier molecular flexibility index (Phi) is 4.38. The van der Waals surface area contributed by atoms with Crippen molar-refractivity contribution in [2.75, 3.05) is 10.6 Å². The summed E-state index contributed by atoms with van der Waals surface area (Å²) in [6.45, 7) is 4.22. The maximum absolute atomic E-state index is 12.6. The van der Waals surface area contributed by atoms with Gasteiger partial charge in [0.05, 0.1) is 5.92 Å². The Balaban J connectivity index is 1.76. The first kappa shape index (κ1) is 15.6. The molecular formula is C16H18N4O2S. The number of amides is 2. The Labute approximate surface area is 138 Å². The Morgan fingerprint density at radius 1 is 1.39 bits per heavy atom. The maximum atomic E-state index is 12.6. The molecular weight excluding hydrogens is 312 g/mol. The number of benzene rings is 1. The third-order valence-corrected chi connectivity index (χ3v) is 4.46. The number of fused-ring (bicyclic) bond motifs is 1. The highest BCUT2D eigenvalue weighted by atomic mass is 32.1. The summed E-state index contributed by atoms with van der Waals surface area (Å²) in [5.74, 6) is -0.390. The molecule has 6 nitrogen and oxygen atoms in total. The molecule has 2 amide bonds. The molecule has 7 heteroatoms. The quantitative estimate of drug-likeness (QED) is 0.903. The second-order valence-corrected chi connectivity index (χ2v) is 7.04. The zero-order valence-corrected chi connectivity index (χ0v) is 13.8. The molecule has 1 aromatic carbocycles. The summed E-state index contributed by atoms with van der Waals surface area (Å²) >= 11 is 1.38. The fourth-order valence-electron chi connectivity index (χ4n) is 2.57. The van der Waals surface area contributed by atoms with Crippen molar-refractivity contribution in [2.24, 2.45) is 5.92 Å². The van der Waals surface area contributed by atoms with Crippen molar-refractivity contribution in [2.45, 2.75) is 32.6 Å². The highest BCUT2D eigenvalue weighted by Gasteiger charge is 2.30. The lowest BCUT2D eigenvalue weighted by Gasteiger charge is -2.24. The number of aromatic nitrogens is 2. The number of carbonyl (C=O) groups is 2. The van der Waals surface area contributed by atoms with Gasteiger partial charge in [-0.25, -0.2) is 0 Å². The summed E-state index contributed by atoms with van der Waals surface area (Å²) in [5.41, 5.74) is 1.53. The van der Waals surface area contributed by atoms with E-state index in [1.165, 1.54) is 11.3 Å². The monoisotopic (exact) mass is 330 g/mol. The molecule has 0 unspecified atom stereocenters. The van der Waals surface area contributed by atoms with Gasteiger partial charge < -0.3 is 5.32 Å². The molecule has 0 spiro atoms. The summed E-state index contributed by atoms with van der Waals surface area (Å²) in [7, 11) is 0. The number of nitrogens with one attached hydrogen (secondary N) is 2. The van der Waals surface area contributed by atoms with E-state index >= 15 is 0 Å². The van der Waals surface area contributed by atoms with Crippen LogP contribution in [0.5, 0.6) is 0 Å². The first-order valence-electron chi connectivity index (χ1n) is 7.55. The van der Waals surface area contributed by atoms with Crippen molar-refractivity contribution in [3.8, 4) is 0 Å². The first-order valence-corrected chi connectivity index (χ1v) is 8.36. The van der Waals surface area contributed by atoms with Gasteiger partial charge in [-0.3, -0.25) is 14.9 Å². The van der Waals surface area contributed by atoms with Gasteiger partial charge in [-0.1, -0.05) is 43.4 Å².